The Kier molecular flexibility index (Phi) is 6.34. The molecule has 0 rings (SSSR count). The van der Waals surface area contributed by atoms with E-state index >= 15 is 0 Å². The van der Waals surface area contributed by atoms with Crippen LogP contribution in [0.25, 0.3) is 0 Å². The molecule has 0 aliphatic carbocycles. The second kappa shape index (κ2) is 6.06. The molecular weight excluding hydrogens is 181 g/mol. The molecular formula is C6H16NO2PS. The molecule has 0 heterocycles. The van der Waals surface area contributed by atoms with Gasteiger partial charge in [-0.25, -0.2) is 0 Å². The molecule has 11 heavy (non-hydrogen) atoms. The lowest BCUT2D eigenvalue weighted by Gasteiger charge is -2.10. The normalized spacial score (nSPS) is 16.3. The van der Waals surface area contributed by atoms with Gasteiger partial charge in [-0.05, 0) is 12.8 Å². The van der Waals surface area contributed by atoms with E-state index in [1.165, 1.54) is 11.4 Å². The summed E-state index contributed by atoms with van der Waals surface area (Å²) < 4.78 is 16.2. The molecule has 1 unspecified atom stereocenters. The zero-order valence-corrected chi connectivity index (χ0v) is 8.79. The van der Waals surface area contributed by atoms with Crippen molar-refractivity contribution < 1.29 is 9.09 Å². The van der Waals surface area contributed by atoms with Crippen molar-refractivity contribution in [3.05, 3.63) is 0 Å². The van der Waals surface area contributed by atoms with Crippen molar-refractivity contribution in [1.82, 2.24) is 0 Å². The van der Waals surface area contributed by atoms with Crippen LogP contribution in [0.4, 0.5) is 0 Å². The topological polar surface area (TPSA) is 52.3 Å². The van der Waals surface area contributed by atoms with E-state index in [2.05, 4.69) is 0 Å². The van der Waals surface area contributed by atoms with Crippen molar-refractivity contribution in [3.8, 4) is 0 Å². The summed E-state index contributed by atoms with van der Waals surface area (Å²) in [7, 11) is 0. The van der Waals surface area contributed by atoms with Gasteiger partial charge in [-0.15, -0.1) is 0 Å². The quantitative estimate of drug-likeness (QED) is 0.665. The fraction of sp³-hybridized carbons (Fsp3) is 1.00. The molecule has 2 N–H and O–H groups in total. The van der Waals surface area contributed by atoms with Gasteiger partial charge in [0.1, 0.15) is 0 Å². The lowest BCUT2D eigenvalue weighted by atomic mass is 10.5. The second-order valence-corrected chi connectivity index (χ2v) is 6.51. The molecule has 0 amide bonds. The number of nitrogens with two attached hydrogens (primary N) is 1. The van der Waals surface area contributed by atoms with Crippen LogP contribution in [0.3, 0.4) is 0 Å². The zero-order chi connectivity index (χ0) is 8.74. The maximum atomic E-state index is 11.3. The van der Waals surface area contributed by atoms with Gasteiger partial charge in [0.2, 0.25) is 0 Å². The predicted octanol–water partition coefficient (Wildman–Crippen LogP) is 2.62. The summed E-state index contributed by atoms with van der Waals surface area (Å²) in [5.74, 6) is 0.803. The molecule has 0 fully saturated rings. The Labute approximate surface area is 72.3 Å². The van der Waals surface area contributed by atoms with Crippen LogP contribution in [0.5, 0.6) is 0 Å². The minimum Gasteiger partial charge on any atom is -0.310 e. The van der Waals surface area contributed by atoms with Gasteiger partial charge in [-0.2, -0.15) is 0 Å². The Morgan fingerprint density at radius 1 is 1.45 bits per heavy atom. The third-order valence-corrected chi connectivity index (χ3v) is 4.39. The summed E-state index contributed by atoms with van der Waals surface area (Å²) in [6, 6.07) is 0. The highest BCUT2D eigenvalue weighted by molar-refractivity contribution is 8.55. The van der Waals surface area contributed by atoms with E-state index in [-0.39, 0.29) is 0 Å². The van der Waals surface area contributed by atoms with Crippen molar-refractivity contribution in [2.75, 3.05) is 12.4 Å². The Morgan fingerprint density at radius 2 is 2.09 bits per heavy atom. The molecule has 5 heteroatoms. The van der Waals surface area contributed by atoms with E-state index in [1.54, 1.807) is 0 Å². The Bertz CT molecular complexity index is 131. The summed E-state index contributed by atoms with van der Waals surface area (Å²) in [6.45, 7) is 1.67. The summed E-state index contributed by atoms with van der Waals surface area (Å²) in [5.41, 5.74) is 5.39. The molecule has 0 aromatic rings. The first-order valence-corrected chi connectivity index (χ1v) is 7.08. The third-order valence-electron chi connectivity index (χ3n) is 0.951. The van der Waals surface area contributed by atoms with Gasteiger partial charge in [-0.1, -0.05) is 25.2 Å². The first kappa shape index (κ1) is 11.5. The largest absolute Gasteiger partial charge is 0.323 e. The van der Waals surface area contributed by atoms with Gasteiger partial charge in [0, 0.05) is 5.75 Å². The molecule has 1 atom stereocenters. The average molecular weight is 197 g/mol. The van der Waals surface area contributed by atoms with Crippen molar-refractivity contribution >= 4 is 18.1 Å². The Hall–Kier alpha value is 0.500. The Morgan fingerprint density at radius 3 is 2.55 bits per heavy atom. The molecule has 0 aliphatic heterocycles. The third kappa shape index (κ3) is 6.88. The van der Waals surface area contributed by atoms with Crippen LogP contribution in [0, 0.1) is 0 Å². The fourth-order valence-electron chi connectivity index (χ4n) is 0.474. The van der Waals surface area contributed by atoms with Crippen LogP contribution >= 0.6 is 18.1 Å². The molecule has 0 radical (unpaired) electrons. The summed E-state index contributed by atoms with van der Waals surface area (Å²) in [4.78, 5) is 0. The highest BCUT2D eigenvalue weighted by atomic mass is 32.7. The maximum absolute atomic E-state index is 11.3. The highest BCUT2D eigenvalue weighted by Gasteiger charge is 2.15. The van der Waals surface area contributed by atoms with Gasteiger partial charge in [0.15, 0.2) is 0 Å². The average Bonchev–Trinajstić information content (AvgIpc) is 1.97. The second-order valence-electron chi connectivity index (χ2n) is 2.21. The number of rotatable bonds is 6. The molecule has 0 aromatic carbocycles. The van der Waals surface area contributed by atoms with E-state index in [0.717, 1.165) is 18.6 Å². The van der Waals surface area contributed by atoms with Crippen molar-refractivity contribution in [2.24, 2.45) is 5.50 Å². The molecule has 0 saturated carbocycles. The van der Waals surface area contributed by atoms with Crippen molar-refractivity contribution in [3.63, 3.8) is 0 Å². The summed E-state index contributed by atoms with van der Waals surface area (Å²) >= 11 is 1.23. The van der Waals surface area contributed by atoms with E-state index < -0.39 is 6.72 Å². The highest BCUT2D eigenvalue weighted by Crippen LogP contribution is 2.52. The van der Waals surface area contributed by atoms with E-state index in [9.17, 15) is 4.57 Å². The maximum Gasteiger partial charge on any atom is 0.323 e. The fourth-order valence-corrected chi connectivity index (χ4v) is 3.18. The lowest BCUT2D eigenvalue weighted by molar-refractivity contribution is 0.325. The molecule has 68 valence electrons. The smallest absolute Gasteiger partial charge is 0.310 e. The van der Waals surface area contributed by atoms with E-state index in [1.807, 2.05) is 13.8 Å². The van der Waals surface area contributed by atoms with Crippen molar-refractivity contribution in [2.45, 2.75) is 26.7 Å². The SMILES string of the molecule is CCCOP(N)(=O)SCCC. The van der Waals surface area contributed by atoms with Crippen LogP contribution in [-0.4, -0.2) is 12.4 Å². The summed E-state index contributed by atoms with van der Waals surface area (Å²) in [6.07, 6.45) is 1.83. The summed E-state index contributed by atoms with van der Waals surface area (Å²) in [5, 5.41) is 0. The number of hydrogen-bond acceptors (Lipinski definition) is 3. The van der Waals surface area contributed by atoms with Crippen molar-refractivity contribution in [1.29, 1.82) is 0 Å². The van der Waals surface area contributed by atoms with E-state index in [4.69, 9.17) is 10.0 Å². The first-order valence-electron chi connectivity index (χ1n) is 3.80. The lowest BCUT2D eigenvalue weighted by Crippen LogP contribution is -1.97. The van der Waals surface area contributed by atoms with Gasteiger partial charge in [0.05, 0.1) is 6.61 Å². The molecule has 0 aliphatic rings. The zero-order valence-electron chi connectivity index (χ0n) is 7.08. The van der Waals surface area contributed by atoms with Crippen LogP contribution in [0.1, 0.15) is 26.7 Å². The van der Waals surface area contributed by atoms with Gasteiger partial charge in [-0.3, -0.25) is 10.1 Å². The van der Waals surface area contributed by atoms with Crippen LogP contribution in [-0.2, 0) is 9.09 Å². The minimum absolute atomic E-state index is 0.491. The Balaban J connectivity index is 3.53. The molecule has 3 nitrogen and oxygen atoms in total. The molecule has 0 aromatic heterocycles. The predicted molar refractivity (Wildman–Crippen MR) is 50.8 cm³/mol. The minimum atomic E-state index is -2.81. The van der Waals surface area contributed by atoms with Crippen LogP contribution in [0.2, 0.25) is 0 Å². The van der Waals surface area contributed by atoms with Crippen LogP contribution in [0.15, 0.2) is 0 Å². The van der Waals surface area contributed by atoms with Crippen LogP contribution < -0.4 is 5.50 Å². The van der Waals surface area contributed by atoms with E-state index in [0.29, 0.717) is 6.61 Å². The first-order chi connectivity index (χ1) is 5.12. The number of hydrogen-bond donors (Lipinski definition) is 1. The molecule has 0 saturated heterocycles. The monoisotopic (exact) mass is 197 g/mol. The molecule has 0 spiro atoms. The van der Waals surface area contributed by atoms with Gasteiger partial charge in [0.25, 0.3) is 0 Å². The molecule has 0 bridgehead atoms. The standard InChI is InChI=1S/C6H16NO2PS/c1-3-5-9-10(7,8)11-6-4-2/h3-6H2,1-2H3,(H2,7,8). The van der Waals surface area contributed by atoms with Gasteiger partial charge >= 0.3 is 6.72 Å². The van der Waals surface area contributed by atoms with Gasteiger partial charge < -0.3 is 4.52 Å².